The van der Waals surface area contributed by atoms with Crippen LogP contribution in [0, 0.1) is 6.92 Å². The number of hydrogen-bond donors (Lipinski definition) is 1. The van der Waals surface area contributed by atoms with Crippen molar-refractivity contribution in [1.82, 2.24) is 9.97 Å². The molecule has 1 atom stereocenters. The first-order valence-corrected chi connectivity index (χ1v) is 8.42. The summed E-state index contributed by atoms with van der Waals surface area (Å²) in [6.45, 7) is 4.19. The Hall–Kier alpha value is -2.68. The molecule has 0 saturated heterocycles. The van der Waals surface area contributed by atoms with Crippen LogP contribution in [0.1, 0.15) is 24.6 Å². The molecule has 3 nitrogen and oxygen atoms in total. The van der Waals surface area contributed by atoms with Crippen molar-refractivity contribution in [2.45, 2.75) is 32.7 Å². The zero-order valence-electron chi connectivity index (χ0n) is 14.2. The highest BCUT2D eigenvalue weighted by molar-refractivity contribution is 5.60. The van der Waals surface area contributed by atoms with Gasteiger partial charge in [-0.1, -0.05) is 60.7 Å². The van der Waals surface area contributed by atoms with E-state index in [0.717, 1.165) is 29.8 Å². The molecule has 3 rings (SSSR count). The van der Waals surface area contributed by atoms with Gasteiger partial charge in [-0.2, -0.15) is 0 Å². The van der Waals surface area contributed by atoms with Gasteiger partial charge in [0.1, 0.15) is 0 Å². The maximum absolute atomic E-state index is 4.68. The molecular weight excluding hydrogens is 294 g/mol. The zero-order chi connectivity index (χ0) is 16.8. The van der Waals surface area contributed by atoms with Crippen LogP contribution in [0.25, 0.3) is 11.3 Å². The Kier molecular flexibility index (Phi) is 5.22. The fraction of sp³-hybridized carbons (Fsp3) is 0.238. The number of hydrogen-bond acceptors (Lipinski definition) is 3. The van der Waals surface area contributed by atoms with Crippen molar-refractivity contribution in [3.05, 3.63) is 78.0 Å². The number of nitrogens with one attached hydrogen (secondary N) is 1. The molecule has 122 valence electrons. The van der Waals surface area contributed by atoms with Crippen LogP contribution in [-0.2, 0) is 6.42 Å². The number of benzene rings is 2. The summed E-state index contributed by atoms with van der Waals surface area (Å²) in [5.41, 5.74) is 4.41. The summed E-state index contributed by atoms with van der Waals surface area (Å²) in [5, 5.41) is 3.44. The third-order valence-corrected chi connectivity index (χ3v) is 4.01. The SMILES string of the molecule is Cc1cc(-c2ccccc2)nc(NC(C)CCc2ccccc2)n1. The largest absolute Gasteiger partial charge is 0.352 e. The molecule has 1 aromatic heterocycles. The lowest BCUT2D eigenvalue weighted by molar-refractivity contribution is 0.698. The second-order valence-corrected chi connectivity index (χ2v) is 6.15. The summed E-state index contributed by atoms with van der Waals surface area (Å²) >= 11 is 0. The van der Waals surface area contributed by atoms with Crippen LogP contribution in [0.15, 0.2) is 66.7 Å². The number of anilines is 1. The Morgan fingerprint density at radius 1 is 0.917 bits per heavy atom. The topological polar surface area (TPSA) is 37.8 Å². The summed E-state index contributed by atoms with van der Waals surface area (Å²) in [6.07, 6.45) is 2.09. The molecule has 3 aromatic rings. The Labute approximate surface area is 143 Å². The average Bonchev–Trinajstić information content (AvgIpc) is 2.61. The molecule has 0 aliphatic carbocycles. The van der Waals surface area contributed by atoms with E-state index in [1.807, 2.05) is 31.2 Å². The summed E-state index contributed by atoms with van der Waals surface area (Å²) in [6, 6.07) is 23.1. The molecule has 0 aliphatic heterocycles. The summed E-state index contributed by atoms with van der Waals surface area (Å²) in [4.78, 5) is 9.21. The normalized spacial score (nSPS) is 11.9. The Morgan fingerprint density at radius 2 is 1.58 bits per heavy atom. The van der Waals surface area contributed by atoms with Crippen LogP contribution >= 0.6 is 0 Å². The van der Waals surface area contributed by atoms with Crippen LogP contribution in [-0.4, -0.2) is 16.0 Å². The van der Waals surface area contributed by atoms with Crippen LogP contribution in [0.5, 0.6) is 0 Å². The van der Waals surface area contributed by atoms with Gasteiger partial charge in [-0.15, -0.1) is 0 Å². The second kappa shape index (κ2) is 7.73. The van der Waals surface area contributed by atoms with Gasteiger partial charge in [0.25, 0.3) is 0 Å². The minimum absolute atomic E-state index is 0.315. The van der Waals surface area contributed by atoms with E-state index in [2.05, 4.69) is 64.7 Å². The van der Waals surface area contributed by atoms with Gasteiger partial charge in [0.15, 0.2) is 0 Å². The molecule has 0 radical (unpaired) electrons. The highest BCUT2D eigenvalue weighted by Gasteiger charge is 2.08. The third-order valence-electron chi connectivity index (χ3n) is 4.01. The Morgan fingerprint density at radius 3 is 2.29 bits per heavy atom. The number of aryl methyl sites for hydroxylation is 2. The Bertz CT molecular complexity index is 770. The lowest BCUT2D eigenvalue weighted by Crippen LogP contribution is -2.18. The molecule has 0 fully saturated rings. The fourth-order valence-electron chi connectivity index (χ4n) is 2.71. The summed E-state index contributed by atoms with van der Waals surface area (Å²) in [5.74, 6) is 0.703. The fourth-order valence-corrected chi connectivity index (χ4v) is 2.71. The van der Waals surface area contributed by atoms with Gasteiger partial charge in [-0.25, -0.2) is 9.97 Å². The smallest absolute Gasteiger partial charge is 0.223 e. The van der Waals surface area contributed by atoms with Gasteiger partial charge in [-0.05, 0) is 38.3 Å². The molecule has 1 unspecified atom stereocenters. The van der Waals surface area contributed by atoms with E-state index in [-0.39, 0.29) is 0 Å². The molecule has 1 heterocycles. The van der Waals surface area contributed by atoms with Crippen LogP contribution in [0.3, 0.4) is 0 Å². The van der Waals surface area contributed by atoms with Crippen LogP contribution < -0.4 is 5.32 Å². The Balaban J connectivity index is 1.67. The van der Waals surface area contributed by atoms with E-state index >= 15 is 0 Å². The van der Waals surface area contributed by atoms with Crippen molar-refractivity contribution in [2.24, 2.45) is 0 Å². The van der Waals surface area contributed by atoms with Crippen molar-refractivity contribution in [3.63, 3.8) is 0 Å². The average molecular weight is 317 g/mol. The van der Waals surface area contributed by atoms with Crippen LogP contribution in [0.4, 0.5) is 5.95 Å². The zero-order valence-corrected chi connectivity index (χ0v) is 14.2. The summed E-state index contributed by atoms with van der Waals surface area (Å²) < 4.78 is 0. The van der Waals surface area contributed by atoms with E-state index < -0.39 is 0 Å². The minimum Gasteiger partial charge on any atom is -0.352 e. The molecule has 24 heavy (non-hydrogen) atoms. The van der Waals surface area contributed by atoms with Crippen molar-refractivity contribution in [2.75, 3.05) is 5.32 Å². The monoisotopic (exact) mass is 317 g/mol. The first kappa shape index (κ1) is 16.2. The molecule has 3 heteroatoms. The predicted octanol–water partition coefficient (Wildman–Crippen LogP) is 4.89. The first-order chi connectivity index (χ1) is 11.7. The highest BCUT2D eigenvalue weighted by Crippen LogP contribution is 2.19. The van der Waals surface area contributed by atoms with E-state index in [0.29, 0.717) is 12.0 Å². The lowest BCUT2D eigenvalue weighted by atomic mass is 10.1. The van der Waals surface area contributed by atoms with Crippen molar-refractivity contribution in [1.29, 1.82) is 0 Å². The number of rotatable bonds is 6. The van der Waals surface area contributed by atoms with Crippen LogP contribution in [0.2, 0.25) is 0 Å². The molecule has 0 amide bonds. The van der Waals surface area contributed by atoms with Gasteiger partial charge >= 0.3 is 0 Å². The van der Waals surface area contributed by atoms with E-state index in [4.69, 9.17) is 0 Å². The molecule has 0 saturated carbocycles. The lowest BCUT2D eigenvalue weighted by Gasteiger charge is -2.15. The highest BCUT2D eigenvalue weighted by atomic mass is 15.1. The van der Waals surface area contributed by atoms with E-state index in [9.17, 15) is 0 Å². The quantitative estimate of drug-likeness (QED) is 0.703. The predicted molar refractivity (Wildman–Crippen MR) is 100 cm³/mol. The van der Waals surface area contributed by atoms with Gasteiger partial charge in [-0.3, -0.25) is 0 Å². The maximum Gasteiger partial charge on any atom is 0.223 e. The summed E-state index contributed by atoms with van der Waals surface area (Å²) in [7, 11) is 0. The van der Waals surface area contributed by atoms with Gasteiger partial charge in [0.05, 0.1) is 5.69 Å². The van der Waals surface area contributed by atoms with E-state index in [1.54, 1.807) is 0 Å². The first-order valence-electron chi connectivity index (χ1n) is 8.42. The van der Waals surface area contributed by atoms with Gasteiger partial charge in [0.2, 0.25) is 5.95 Å². The molecule has 0 spiro atoms. The molecule has 2 aromatic carbocycles. The molecule has 0 bridgehead atoms. The second-order valence-electron chi connectivity index (χ2n) is 6.15. The molecule has 0 aliphatic rings. The van der Waals surface area contributed by atoms with Crippen molar-refractivity contribution < 1.29 is 0 Å². The number of aromatic nitrogens is 2. The van der Waals surface area contributed by atoms with Crippen molar-refractivity contribution in [3.8, 4) is 11.3 Å². The minimum atomic E-state index is 0.315. The third kappa shape index (κ3) is 4.42. The number of nitrogens with zero attached hydrogens (tertiary/aromatic N) is 2. The van der Waals surface area contributed by atoms with Gasteiger partial charge in [0, 0.05) is 17.3 Å². The van der Waals surface area contributed by atoms with Crippen molar-refractivity contribution >= 4 is 5.95 Å². The van der Waals surface area contributed by atoms with E-state index in [1.165, 1.54) is 5.56 Å². The maximum atomic E-state index is 4.68. The van der Waals surface area contributed by atoms with Gasteiger partial charge < -0.3 is 5.32 Å². The molecule has 1 N–H and O–H groups in total. The standard InChI is InChI=1S/C21H23N3/c1-16(13-14-18-9-5-3-6-10-18)22-21-23-17(2)15-20(24-21)19-11-7-4-8-12-19/h3-12,15-16H,13-14H2,1-2H3,(H,22,23,24). The molecular formula is C21H23N3.